The van der Waals surface area contributed by atoms with Crippen molar-refractivity contribution in [2.45, 2.75) is 26.0 Å². The number of rotatable bonds is 1. The zero-order chi connectivity index (χ0) is 12.8. The van der Waals surface area contributed by atoms with Crippen LogP contribution in [0.2, 0.25) is 0 Å². The average Bonchev–Trinajstić information content (AvgIpc) is 2.86. The van der Waals surface area contributed by atoms with Gasteiger partial charge in [0, 0.05) is 11.6 Å². The molecule has 0 aromatic rings. The summed E-state index contributed by atoms with van der Waals surface area (Å²) in [4.78, 5) is 13.2. The van der Waals surface area contributed by atoms with Crippen LogP contribution >= 0.6 is 0 Å². The van der Waals surface area contributed by atoms with Crippen LogP contribution in [0.1, 0.15) is 19.8 Å². The SMILES string of the molecule is CC1=C(N2C=CC3(CCNCC3)C2O)COC1=O. The van der Waals surface area contributed by atoms with Gasteiger partial charge in [0.05, 0.1) is 11.3 Å². The lowest BCUT2D eigenvalue weighted by Gasteiger charge is -2.38. The first-order chi connectivity index (χ1) is 8.64. The van der Waals surface area contributed by atoms with Gasteiger partial charge >= 0.3 is 5.97 Å². The lowest BCUT2D eigenvalue weighted by atomic mass is 9.78. The number of ether oxygens (including phenoxy) is 1. The van der Waals surface area contributed by atoms with Crippen LogP contribution in [0.25, 0.3) is 0 Å². The molecule has 0 saturated carbocycles. The summed E-state index contributed by atoms with van der Waals surface area (Å²) in [6, 6.07) is 0. The molecule has 1 unspecified atom stereocenters. The molecule has 98 valence electrons. The van der Waals surface area contributed by atoms with E-state index in [1.165, 1.54) is 0 Å². The number of carbonyl (C=O) groups is 1. The van der Waals surface area contributed by atoms with Crippen molar-refractivity contribution in [1.82, 2.24) is 10.2 Å². The summed E-state index contributed by atoms with van der Waals surface area (Å²) in [6.07, 6.45) is 5.24. The van der Waals surface area contributed by atoms with Crippen LogP contribution in [0.3, 0.4) is 0 Å². The largest absolute Gasteiger partial charge is 0.456 e. The first-order valence-electron chi connectivity index (χ1n) is 6.37. The van der Waals surface area contributed by atoms with E-state index in [2.05, 4.69) is 11.4 Å². The number of carbonyl (C=O) groups excluding carboxylic acids is 1. The van der Waals surface area contributed by atoms with Crippen LogP contribution in [0.15, 0.2) is 23.5 Å². The molecular formula is C13H18N2O3. The molecule has 1 atom stereocenters. The smallest absolute Gasteiger partial charge is 0.336 e. The molecule has 18 heavy (non-hydrogen) atoms. The number of nitrogens with one attached hydrogen (secondary N) is 1. The monoisotopic (exact) mass is 250 g/mol. The Kier molecular flexibility index (Phi) is 2.68. The summed E-state index contributed by atoms with van der Waals surface area (Å²) in [5.74, 6) is -0.281. The maximum Gasteiger partial charge on any atom is 0.336 e. The Morgan fingerprint density at radius 1 is 1.50 bits per heavy atom. The fraction of sp³-hybridized carbons (Fsp3) is 0.615. The van der Waals surface area contributed by atoms with Gasteiger partial charge in [-0.3, -0.25) is 0 Å². The highest BCUT2D eigenvalue weighted by Gasteiger charge is 2.45. The van der Waals surface area contributed by atoms with Gasteiger partial charge in [0.15, 0.2) is 0 Å². The molecule has 3 heterocycles. The third-order valence-electron chi connectivity index (χ3n) is 4.27. The van der Waals surface area contributed by atoms with Gasteiger partial charge in [0.25, 0.3) is 0 Å². The minimum atomic E-state index is -0.584. The van der Waals surface area contributed by atoms with Crippen LogP contribution in [0, 0.1) is 5.41 Å². The fourth-order valence-electron chi connectivity index (χ4n) is 2.96. The maximum atomic E-state index is 11.4. The van der Waals surface area contributed by atoms with E-state index >= 15 is 0 Å². The second kappa shape index (κ2) is 4.10. The molecular weight excluding hydrogens is 232 g/mol. The molecule has 5 nitrogen and oxygen atoms in total. The number of esters is 1. The van der Waals surface area contributed by atoms with Crippen molar-refractivity contribution >= 4 is 5.97 Å². The predicted octanol–water partition coefficient (Wildman–Crippen LogP) is 0.335. The number of hydrogen-bond acceptors (Lipinski definition) is 5. The quantitative estimate of drug-likeness (QED) is 0.657. The molecule has 1 spiro atoms. The Labute approximate surface area is 106 Å². The number of piperidine rings is 1. The summed E-state index contributed by atoms with van der Waals surface area (Å²) in [7, 11) is 0. The van der Waals surface area contributed by atoms with E-state index in [0.29, 0.717) is 5.57 Å². The standard InChI is InChI=1S/C13H18N2O3/c1-9-10(8-18-11(9)16)15-7-4-13(12(15)17)2-5-14-6-3-13/h4,7,12,14,17H,2-3,5-6,8H2,1H3. The van der Waals surface area contributed by atoms with Crippen LogP contribution in [-0.4, -0.2) is 41.9 Å². The molecule has 0 radical (unpaired) electrons. The number of aliphatic hydroxyl groups is 1. The van der Waals surface area contributed by atoms with Crippen molar-refractivity contribution < 1.29 is 14.6 Å². The molecule has 3 rings (SSSR count). The van der Waals surface area contributed by atoms with Crippen LogP contribution in [0.5, 0.6) is 0 Å². The number of nitrogens with zero attached hydrogens (tertiary/aromatic N) is 1. The van der Waals surface area contributed by atoms with Gasteiger partial charge in [-0.2, -0.15) is 0 Å². The highest BCUT2D eigenvalue weighted by molar-refractivity contribution is 5.90. The summed E-state index contributed by atoms with van der Waals surface area (Å²) >= 11 is 0. The second-order valence-electron chi connectivity index (χ2n) is 5.23. The Morgan fingerprint density at radius 3 is 2.83 bits per heavy atom. The molecule has 0 aliphatic carbocycles. The van der Waals surface area contributed by atoms with Gasteiger partial charge in [0.1, 0.15) is 12.8 Å². The normalized spacial score (nSPS) is 30.4. The van der Waals surface area contributed by atoms with Crippen molar-refractivity contribution in [3.63, 3.8) is 0 Å². The molecule has 0 aromatic heterocycles. The molecule has 3 aliphatic heterocycles. The number of aliphatic hydroxyl groups excluding tert-OH is 1. The molecule has 0 bridgehead atoms. The molecule has 2 N–H and O–H groups in total. The minimum Gasteiger partial charge on any atom is -0.456 e. The lowest BCUT2D eigenvalue weighted by Crippen LogP contribution is -2.46. The lowest BCUT2D eigenvalue weighted by molar-refractivity contribution is -0.136. The van der Waals surface area contributed by atoms with Gasteiger partial charge in [-0.1, -0.05) is 6.08 Å². The predicted molar refractivity (Wildman–Crippen MR) is 65.2 cm³/mol. The Hall–Kier alpha value is -1.33. The first-order valence-corrected chi connectivity index (χ1v) is 6.37. The molecule has 0 amide bonds. The molecule has 1 fully saturated rings. The Balaban J connectivity index is 1.85. The van der Waals surface area contributed by atoms with E-state index in [0.717, 1.165) is 31.6 Å². The van der Waals surface area contributed by atoms with E-state index < -0.39 is 6.23 Å². The van der Waals surface area contributed by atoms with Gasteiger partial charge in [0.2, 0.25) is 0 Å². The Bertz CT molecular complexity index is 436. The topological polar surface area (TPSA) is 61.8 Å². The molecule has 3 aliphatic rings. The van der Waals surface area contributed by atoms with Crippen molar-refractivity contribution in [3.05, 3.63) is 23.5 Å². The van der Waals surface area contributed by atoms with Gasteiger partial charge < -0.3 is 20.1 Å². The highest BCUT2D eigenvalue weighted by Crippen LogP contribution is 2.42. The zero-order valence-corrected chi connectivity index (χ0v) is 10.5. The summed E-state index contributed by atoms with van der Waals surface area (Å²) in [5.41, 5.74) is 1.22. The van der Waals surface area contributed by atoms with Crippen LogP contribution < -0.4 is 5.32 Å². The second-order valence-corrected chi connectivity index (χ2v) is 5.23. The number of cyclic esters (lactones) is 1. The molecule has 5 heteroatoms. The maximum absolute atomic E-state index is 11.4. The average molecular weight is 250 g/mol. The summed E-state index contributed by atoms with van der Waals surface area (Å²) in [5, 5.41) is 13.9. The van der Waals surface area contributed by atoms with Crippen molar-refractivity contribution in [2.75, 3.05) is 19.7 Å². The fourth-order valence-corrected chi connectivity index (χ4v) is 2.96. The van der Waals surface area contributed by atoms with Crippen molar-refractivity contribution in [1.29, 1.82) is 0 Å². The van der Waals surface area contributed by atoms with E-state index in [1.54, 1.807) is 11.8 Å². The summed E-state index contributed by atoms with van der Waals surface area (Å²) in [6.45, 7) is 3.85. The third-order valence-corrected chi connectivity index (χ3v) is 4.27. The van der Waals surface area contributed by atoms with Crippen LogP contribution in [0.4, 0.5) is 0 Å². The van der Waals surface area contributed by atoms with E-state index in [1.807, 2.05) is 6.20 Å². The minimum absolute atomic E-state index is 0.176. The van der Waals surface area contributed by atoms with Gasteiger partial charge in [-0.15, -0.1) is 0 Å². The van der Waals surface area contributed by atoms with Crippen molar-refractivity contribution in [3.8, 4) is 0 Å². The zero-order valence-electron chi connectivity index (χ0n) is 10.5. The summed E-state index contributed by atoms with van der Waals surface area (Å²) < 4.78 is 5.00. The van der Waals surface area contributed by atoms with E-state index in [-0.39, 0.29) is 18.0 Å². The molecule has 1 saturated heterocycles. The van der Waals surface area contributed by atoms with Gasteiger partial charge in [-0.25, -0.2) is 4.79 Å². The van der Waals surface area contributed by atoms with Gasteiger partial charge in [-0.05, 0) is 32.9 Å². The van der Waals surface area contributed by atoms with Crippen molar-refractivity contribution in [2.24, 2.45) is 5.41 Å². The van der Waals surface area contributed by atoms with Crippen LogP contribution in [-0.2, 0) is 9.53 Å². The Morgan fingerprint density at radius 2 is 2.22 bits per heavy atom. The van der Waals surface area contributed by atoms with E-state index in [9.17, 15) is 9.90 Å². The molecule has 0 aromatic carbocycles. The van der Waals surface area contributed by atoms with E-state index in [4.69, 9.17) is 4.74 Å². The first kappa shape index (κ1) is 11.7. The highest BCUT2D eigenvalue weighted by atomic mass is 16.5. The number of hydrogen-bond donors (Lipinski definition) is 2. The third kappa shape index (κ3) is 1.58.